The molecule has 12 heteroatoms. The Morgan fingerprint density at radius 1 is 0.976 bits per heavy atom. The Bertz CT molecular complexity index is 1750. The van der Waals surface area contributed by atoms with Crippen molar-refractivity contribution in [1.82, 2.24) is 4.57 Å². The van der Waals surface area contributed by atoms with Crippen LogP contribution in [0.25, 0.3) is 17.0 Å². The molecule has 1 aliphatic rings. The van der Waals surface area contributed by atoms with Crippen LogP contribution in [0.5, 0.6) is 23.0 Å². The molecule has 3 aromatic carbocycles. The molecule has 0 N–H and O–H groups in total. The van der Waals surface area contributed by atoms with Crippen LogP contribution >= 0.6 is 0 Å². The summed E-state index contributed by atoms with van der Waals surface area (Å²) in [5.74, 6) is -13.8. The Hall–Kier alpha value is -4.87. The molecule has 4 aromatic rings. The first-order chi connectivity index (χ1) is 19.5. The van der Waals surface area contributed by atoms with Crippen LogP contribution in [0, 0.1) is 36.0 Å². The molecule has 0 spiro atoms. The molecule has 1 aromatic heterocycles. The van der Waals surface area contributed by atoms with Gasteiger partial charge in [0.1, 0.15) is 17.2 Å². The molecule has 0 radical (unpaired) electrons. The lowest BCUT2D eigenvalue weighted by Gasteiger charge is -2.11. The SMILES string of the molecule is CCn1cc(/C=C2\Oc3cc(OC(=O)COc4c(F)c(F)c(F)c(F)c4F)cc(C)c3C2=O)c2cc(OC)ccc21. The van der Waals surface area contributed by atoms with Crippen molar-refractivity contribution < 1.29 is 50.5 Å². The number of allylic oxidation sites excluding steroid dienone is 1. The van der Waals surface area contributed by atoms with Crippen LogP contribution in [-0.2, 0) is 11.3 Å². The third kappa shape index (κ3) is 4.85. The Morgan fingerprint density at radius 3 is 2.32 bits per heavy atom. The van der Waals surface area contributed by atoms with Gasteiger partial charge < -0.3 is 23.5 Å². The fraction of sp³-hybridized carbons (Fsp3) is 0.172. The average molecular weight is 573 g/mol. The minimum atomic E-state index is -2.36. The van der Waals surface area contributed by atoms with E-state index in [1.807, 2.05) is 35.9 Å². The average Bonchev–Trinajstić information content (AvgIpc) is 3.46. The van der Waals surface area contributed by atoms with Crippen molar-refractivity contribution >= 4 is 28.7 Å². The number of nitrogens with zero attached hydrogens (tertiary/aromatic N) is 1. The monoisotopic (exact) mass is 573 g/mol. The molecule has 0 bridgehead atoms. The maximum Gasteiger partial charge on any atom is 0.349 e. The summed E-state index contributed by atoms with van der Waals surface area (Å²) in [5.41, 5.74) is 2.29. The minimum Gasteiger partial charge on any atom is -0.497 e. The quantitative estimate of drug-likeness (QED) is 0.0648. The molecule has 0 atom stereocenters. The summed E-state index contributed by atoms with van der Waals surface area (Å²) >= 11 is 0. The number of halogens is 5. The number of fused-ring (bicyclic) bond motifs is 2. The van der Waals surface area contributed by atoms with Crippen molar-refractivity contribution in [2.24, 2.45) is 0 Å². The molecule has 2 heterocycles. The highest BCUT2D eigenvalue weighted by atomic mass is 19.2. The lowest BCUT2D eigenvalue weighted by Crippen LogP contribution is -2.19. The molecule has 5 rings (SSSR count). The predicted molar refractivity (Wildman–Crippen MR) is 136 cm³/mol. The molecule has 41 heavy (non-hydrogen) atoms. The lowest BCUT2D eigenvalue weighted by molar-refractivity contribution is -0.136. The van der Waals surface area contributed by atoms with E-state index < -0.39 is 53.2 Å². The number of ether oxygens (including phenoxy) is 4. The summed E-state index contributed by atoms with van der Waals surface area (Å²) < 4.78 is 90.3. The van der Waals surface area contributed by atoms with E-state index in [9.17, 15) is 31.5 Å². The van der Waals surface area contributed by atoms with Crippen molar-refractivity contribution in [3.8, 4) is 23.0 Å². The second kappa shape index (κ2) is 10.6. The first-order valence-corrected chi connectivity index (χ1v) is 12.1. The second-order valence-corrected chi connectivity index (χ2v) is 8.97. The van der Waals surface area contributed by atoms with E-state index in [4.69, 9.17) is 14.2 Å². The molecular formula is C29H20F5NO6. The van der Waals surface area contributed by atoms with Crippen LogP contribution in [0.1, 0.15) is 28.4 Å². The fourth-order valence-electron chi connectivity index (χ4n) is 4.49. The van der Waals surface area contributed by atoms with Gasteiger partial charge in [-0.2, -0.15) is 8.78 Å². The highest BCUT2D eigenvalue weighted by Crippen LogP contribution is 2.38. The number of Topliss-reactive ketones (excluding diaryl/α,β-unsaturated/α-hetero) is 1. The van der Waals surface area contributed by atoms with Crippen molar-refractivity contribution in [3.05, 3.63) is 88.1 Å². The zero-order valence-electron chi connectivity index (χ0n) is 21.7. The number of carbonyl (C=O) groups excluding carboxylic acids is 2. The van der Waals surface area contributed by atoms with Gasteiger partial charge in [-0.25, -0.2) is 18.0 Å². The first kappa shape index (κ1) is 27.7. The molecule has 212 valence electrons. The summed E-state index contributed by atoms with van der Waals surface area (Å²) in [6, 6.07) is 8.20. The van der Waals surface area contributed by atoms with Crippen LogP contribution in [0.15, 0.2) is 42.3 Å². The zero-order valence-corrected chi connectivity index (χ0v) is 21.7. The number of hydrogen-bond donors (Lipinski definition) is 0. The Kier molecular flexibility index (Phi) is 7.16. The van der Waals surface area contributed by atoms with Gasteiger partial charge in [-0.15, -0.1) is 0 Å². The summed E-state index contributed by atoms with van der Waals surface area (Å²) in [4.78, 5) is 25.4. The first-order valence-electron chi connectivity index (χ1n) is 12.1. The largest absolute Gasteiger partial charge is 0.497 e. The lowest BCUT2D eigenvalue weighted by atomic mass is 10.0. The van der Waals surface area contributed by atoms with Gasteiger partial charge in [0, 0.05) is 35.3 Å². The maximum absolute atomic E-state index is 13.8. The van der Waals surface area contributed by atoms with Crippen LogP contribution in [0.3, 0.4) is 0 Å². The molecule has 0 unspecified atom stereocenters. The van der Waals surface area contributed by atoms with E-state index in [1.54, 1.807) is 20.1 Å². The zero-order chi connectivity index (χ0) is 29.6. The molecule has 0 saturated carbocycles. The van der Waals surface area contributed by atoms with Gasteiger partial charge in [-0.1, -0.05) is 0 Å². The van der Waals surface area contributed by atoms with E-state index >= 15 is 0 Å². The Labute approximate surface area is 229 Å². The van der Waals surface area contributed by atoms with Crippen molar-refractivity contribution in [2.45, 2.75) is 20.4 Å². The maximum atomic E-state index is 13.8. The summed E-state index contributed by atoms with van der Waals surface area (Å²) in [6.45, 7) is 3.07. The van der Waals surface area contributed by atoms with Gasteiger partial charge in [0.2, 0.25) is 34.9 Å². The molecule has 0 aliphatic carbocycles. The van der Waals surface area contributed by atoms with Crippen LogP contribution in [0.4, 0.5) is 22.0 Å². The number of aryl methyl sites for hydroxylation is 2. The van der Waals surface area contributed by atoms with Crippen LogP contribution in [-0.4, -0.2) is 30.0 Å². The van der Waals surface area contributed by atoms with E-state index in [2.05, 4.69) is 4.74 Å². The number of carbonyl (C=O) groups is 2. The number of esters is 1. The molecule has 0 amide bonds. The summed E-state index contributed by atoms with van der Waals surface area (Å²) in [6.07, 6.45) is 3.47. The summed E-state index contributed by atoms with van der Waals surface area (Å²) in [5, 5.41) is 0.839. The highest BCUT2D eigenvalue weighted by molar-refractivity contribution is 6.16. The third-order valence-corrected chi connectivity index (χ3v) is 6.43. The van der Waals surface area contributed by atoms with Gasteiger partial charge in [-0.3, -0.25) is 4.79 Å². The topological polar surface area (TPSA) is 76.0 Å². The number of rotatable bonds is 7. The van der Waals surface area contributed by atoms with E-state index in [-0.39, 0.29) is 22.8 Å². The number of hydrogen-bond acceptors (Lipinski definition) is 6. The smallest absolute Gasteiger partial charge is 0.349 e. The standard InChI is InChI=1S/C29H20F5NO6/c1-4-35-11-14(17-9-15(38-3)5-6-18(17)35)8-20-28(37)22-13(2)7-16(10-19(22)41-20)40-21(36)12-39-29-26(33)24(31)23(30)25(32)27(29)34/h5-11H,4,12H2,1-3H3/b20-8-. The highest BCUT2D eigenvalue weighted by Gasteiger charge is 2.31. The fourth-order valence-corrected chi connectivity index (χ4v) is 4.49. The van der Waals surface area contributed by atoms with Gasteiger partial charge in [0.15, 0.2) is 18.1 Å². The minimum absolute atomic E-state index is 0.0270. The van der Waals surface area contributed by atoms with E-state index in [1.165, 1.54) is 12.1 Å². The van der Waals surface area contributed by atoms with Crippen LogP contribution < -0.4 is 18.9 Å². The number of benzene rings is 3. The van der Waals surface area contributed by atoms with E-state index in [0.29, 0.717) is 23.4 Å². The van der Waals surface area contributed by atoms with Gasteiger partial charge >= 0.3 is 5.97 Å². The molecule has 0 fully saturated rings. The second-order valence-electron chi connectivity index (χ2n) is 8.97. The van der Waals surface area contributed by atoms with Crippen LogP contribution in [0.2, 0.25) is 0 Å². The Balaban J connectivity index is 1.37. The predicted octanol–water partition coefficient (Wildman–Crippen LogP) is 6.27. The van der Waals surface area contributed by atoms with Crippen molar-refractivity contribution in [1.29, 1.82) is 0 Å². The number of methoxy groups -OCH3 is 1. The van der Waals surface area contributed by atoms with E-state index in [0.717, 1.165) is 10.9 Å². The van der Waals surface area contributed by atoms with Gasteiger partial charge in [0.25, 0.3) is 0 Å². The molecule has 1 aliphatic heterocycles. The summed E-state index contributed by atoms with van der Waals surface area (Å²) in [7, 11) is 1.55. The molecular weight excluding hydrogens is 553 g/mol. The van der Waals surface area contributed by atoms with Gasteiger partial charge in [-0.05, 0) is 49.8 Å². The number of aromatic nitrogens is 1. The number of ketones is 1. The third-order valence-electron chi connectivity index (χ3n) is 6.43. The van der Waals surface area contributed by atoms with Gasteiger partial charge in [0.05, 0.1) is 12.7 Å². The molecule has 7 nitrogen and oxygen atoms in total. The Morgan fingerprint density at radius 2 is 1.66 bits per heavy atom. The van der Waals surface area contributed by atoms with Crippen molar-refractivity contribution in [3.63, 3.8) is 0 Å². The molecule has 0 saturated heterocycles. The van der Waals surface area contributed by atoms with Crippen molar-refractivity contribution in [2.75, 3.05) is 13.7 Å². The normalized spacial score (nSPS) is 13.5.